The number of carbonyl (C=O) groups is 1. The molecule has 0 spiro atoms. The number of benzene rings is 1. The molecular weight excluding hydrogens is 260 g/mol. The van der Waals surface area contributed by atoms with Crippen LogP contribution in [0.15, 0.2) is 41.1 Å². The van der Waals surface area contributed by atoms with E-state index in [1.165, 1.54) is 5.56 Å². The Morgan fingerprint density at radius 3 is 2.74 bits per heavy atom. The van der Waals surface area contributed by atoms with Crippen LogP contribution in [0.2, 0.25) is 0 Å². The molecule has 3 N–H and O–H groups in total. The number of rotatable bonds is 6. The largest absolute Gasteiger partial charge is 0.484 e. The van der Waals surface area contributed by atoms with E-state index < -0.39 is 0 Å². The van der Waals surface area contributed by atoms with E-state index in [2.05, 4.69) is 16.8 Å². The Hall–Kier alpha value is -2.01. The van der Waals surface area contributed by atoms with Gasteiger partial charge in [-0.1, -0.05) is 0 Å². The third-order valence-corrected chi connectivity index (χ3v) is 3.30. The van der Waals surface area contributed by atoms with Gasteiger partial charge in [0.2, 0.25) is 0 Å². The van der Waals surface area contributed by atoms with Crippen molar-refractivity contribution in [1.82, 2.24) is 5.32 Å². The summed E-state index contributed by atoms with van der Waals surface area (Å²) in [5.41, 5.74) is 7.47. The quantitative estimate of drug-likeness (QED) is 0.794. The molecule has 1 heterocycles. The lowest BCUT2D eigenvalue weighted by atomic mass is 10.2. The van der Waals surface area contributed by atoms with Crippen molar-refractivity contribution in [1.29, 1.82) is 0 Å². The number of thiophene rings is 1. The Morgan fingerprint density at radius 1 is 1.26 bits per heavy atom. The molecule has 0 aliphatic rings. The second-order valence-electron chi connectivity index (χ2n) is 4.09. The fourth-order valence-electron chi connectivity index (χ4n) is 1.55. The van der Waals surface area contributed by atoms with Crippen LogP contribution in [-0.4, -0.2) is 19.1 Å². The van der Waals surface area contributed by atoms with Gasteiger partial charge in [0.1, 0.15) is 5.75 Å². The molecule has 0 fully saturated rings. The van der Waals surface area contributed by atoms with E-state index in [-0.39, 0.29) is 12.5 Å². The van der Waals surface area contributed by atoms with Crippen LogP contribution < -0.4 is 15.8 Å². The number of nitrogens with two attached hydrogens (primary N) is 1. The van der Waals surface area contributed by atoms with E-state index in [0.29, 0.717) is 18.0 Å². The molecule has 1 aromatic heterocycles. The molecule has 2 aromatic rings. The minimum Gasteiger partial charge on any atom is -0.484 e. The fourth-order valence-corrected chi connectivity index (χ4v) is 2.25. The van der Waals surface area contributed by atoms with Crippen LogP contribution in [0.1, 0.15) is 5.56 Å². The van der Waals surface area contributed by atoms with E-state index in [0.717, 1.165) is 6.42 Å². The van der Waals surface area contributed by atoms with Crippen molar-refractivity contribution >= 4 is 22.9 Å². The first-order valence-corrected chi connectivity index (χ1v) is 6.94. The Kier molecular flexibility index (Phi) is 4.80. The van der Waals surface area contributed by atoms with Gasteiger partial charge in [0.25, 0.3) is 5.91 Å². The highest BCUT2D eigenvalue weighted by atomic mass is 32.1. The van der Waals surface area contributed by atoms with Crippen LogP contribution in [0.25, 0.3) is 0 Å². The standard InChI is InChI=1S/C14H16N2O2S/c15-12-1-3-13(4-2-12)18-9-14(17)16-7-5-11-6-8-19-10-11/h1-4,6,8,10H,5,7,9,15H2,(H,16,17). The van der Waals surface area contributed by atoms with E-state index in [4.69, 9.17) is 10.5 Å². The third-order valence-electron chi connectivity index (χ3n) is 2.57. The summed E-state index contributed by atoms with van der Waals surface area (Å²) in [5, 5.41) is 6.93. The molecule has 0 unspecified atom stereocenters. The Labute approximate surface area is 116 Å². The summed E-state index contributed by atoms with van der Waals surface area (Å²) in [7, 11) is 0. The van der Waals surface area contributed by atoms with Crippen LogP contribution in [0.4, 0.5) is 5.69 Å². The average Bonchev–Trinajstić information content (AvgIpc) is 2.91. The smallest absolute Gasteiger partial charge is 0.257 e. The molecule has 0 aliphatic heterocycles. The van der Waals surface area contributed by atoms with Gasteiger partial charge in [-0.05, 0) is 53.1 Å². The lowest BCUT2D eigenvalue weighted by Gasteiger charge is -2.07. The highest BCUT2D eigenvalue weighted by Gasteiger charge is 2.02. The average molecular weight is 276 g/mol. The molecule has 0 atom stereocenters. The molecule has 1 aromatic carbocycles. The fraction of sp³-hybridized carbons (Fsp3) is 0.214. The maximum absolute atomic E-state index is 11.6. The lowest BCUT2D eigenvalue weighted by molar-refractivity contribution is -0.123. The van der Waals surface area contributed by atoms with Gasteiger partial charge in [-0.2, -0.15) is 11.3 Å². The van der Waals surface area contributed by atoms with Gasteiger partial charge in [-0.25, -0.2) is 0 Å². The van der Waals surface area contributed by atoms with E-state index in [9.17, 15) is 4.79 Å². The zero-order valence-electron chi connectivity index (χ0n) is 10.5. The predicted molar refractivity (Wildman–Crippen MR) is 77.4 cm³/mol. The van der Waals surface area contributed by atoms with Gasteiger partial charge in [0.15, 0.2) is 6.61 Å². The van der Waals surface area contributed by atoms with Crippen molar-refractivity contribution in [2.45, 2.75) is 6.42 Å². The maximum atomic E-state index is 11.6. The molecule has 0 radical (unpaired) electrons. The van der Waals surface area contributed by atoms with Gasteiger partial charge in [-0.3, -0.25) is 4.79 Å². The summed E-state index contributed by atoms with van der Waals surface area (Å²) >= 11 is 1.66. The predicted octanol–water partition coefficient (Wildman–Crippen LogP) is 2.07. The minimum atomic E-state index is -0.118. The first-order valence-electron chi connectivity index (χ1n) is 6.00. The summed E-state index contributed by atoms with van der Waals surface area (Å²) in [6.07, 6.45) is 0.844. The Bertz CT molecular complexity index is 509. The number of ether oxygens (including phenoxy) is 1. The minimum absolute atomic E-state index is 0.0214. The molecule has 4 nitrogen and oxygen atoms in total. The highest BCUT2D eigenvalue weighted by Crippen LogP contribution is 2.12. The van der Waals surface area contributed by atoms with Crippen molar-refractivity contribution in [3.63, 3.8) is 0 Å². The topological polar surface area (TPSA) is 64.3 Å². The van der Waals surface area contributed by atoms with E-state index >= 15 is 0 Å². The number of hydrogen-bond donors (Lipinski definition) is 2. The van der Waals surface area contributed by atoms with Crippen molar-refractivity contribution in [3.05, 3.63) is 46.7 Å². The van der Waals surface area contributed by atoms with E-state index in [1.807, 2.05) is 5.38 Å². The van der Waals surface area contributed by atoms with Crippen LogP contribution in [-0.2, 0) is 11.2 Å². The molecule has 0 aliphatic carbocycles. The number of nitrogen functional groups attached to an aromatic ring is 1. The van der Waals surface area contributed by atoms with Gasteiger partial charge >= 0.3 is 0 Å². The molecule has 0 saturated carbocycles. The number of hydrogen-bond acceptors (Lipinski definition) is 4. The lowest BCUT2D eigenvalue weighted by Crippen LogP contribution is -2.30. The van der Waals surface area contributed by atoms with E-state index in [1.54, 1.807) is 35.6 Å². The molecule has 1 amide bonds. The van der Waals surface area contributed by atoms with Gasteiger partial charge in [-0.15, -0.1) is 0 Å². The second-order valence-corrected chi connectivity index (χ2v) is 4.87. The molecule has 0 bridgehead atoms. The highest BCUT2D eigenvalue weighted by molar-refractivity contribution is 7.07. The number of nitrogens with one attached hydrogen (secondary N) is 1. The molecule has 2 rings (SSSR count). The first kappa shape index (κ1) is 13.4. The van der Waals surface area contributed by atoms with Crippen molar-refractivity contribution in [3.8, 4) is 5.75 Å². The first-order chi connectivity index (χ1) is 9.24. The molecule has 0 saturated heterocycles. The SMILES string of the molecule is Nc1ccc(OCC(=O)NCCc2ccsc2)cc1. The Morgan fingerprint density at radius 2 is 2.05 bits per heavy atom. The summed E-state index contributed by atoms with van der Waals surface area (Å²) < 4.78 is 5.35. The van der Waals surface area contributed by atoms with Gasteiger partial charge in [0.05, 0.1) is 0 Å². The summed E-state index contributed by atoms with van der Waals surface area (Å²) in [5.74, 6) is 0.522. The van der Waals surface area contributed by atoms with Crippen LogP contribution in [0.5, 0.6) is 5.75 Å². The zero-order chi connectivity index (χ0) is 13.5. The van der Waals surface area contributed by atoms with Crippen LogP contribution in [0, 0.1) is 0 Å². The summed E-state index contributed by atoms with van der Waals surface area (Å²) in [6.45, 7) is 0.647. The third kappa shape index (κ3) is 4.63. The second kappa shape index (κ2) is 6.80. The maximum Gasteiger partial charge on any atom is 0.257 e. The normalized spacial score (nSPS) is 10.1. The zero-order valence-corrected chi connectivity index (χ0v) is 11.3. The van der Waals surface area contributed by atoms with Gasteiger partial charge in [0, 0.05) is 12.2 Å². The van der Waals surface area contributed by atoms with Gasteiger partial charge < -0.3 is 15.8 Å². The number of anilines is 1. The summed E-state index contributed by atoms with van der Waals surface area (Å²) in [6, 6.07) is 9.03. The molecule has 100 valence electrons. The molecular formula is C14H16N2O2S. The van der Waals surface area contributed by atoms with Crippen molar-refractivity contribution < 1.29 is 9.53 Å². The van der Waals surface area contributed by atoms with Crippen LogP contribution in [0.3, 0.4) is 0 Å². The molecule has 19 heavy (non-hydrogen) atoms. The monoisotopic (exact) mass is 276 g/mol. The number of amides is 1. The Balaban J connectivity index is 1.65. The van der Waals surface area contributed by atoms with Crippen molar-refractivity contribution in [2.24, 2.45) is 0 Å². The van der Waals surface area contributed by atoms with Crippen molar-refractivity contribution in [2.75, 3.05) is 18.9 Å². The van der Waals surface area contributed by atoms with Crippen LogP contribution >= 0.6 is 11.3 Å². The number of carbonyl (C=O) groups excluding carboxylic acids is 1. The molecule has 5 heteroatoms. The summed E-state index contributed by atoms with van der Waals surface area (Å²) in [4.78, 5) is 11.6.